The van der Waals surface area contributed by atoms with Gasteiger partial charge >= 0.3 is 0 Å². The van der Waals surface area contributed by atoms with Gasteiger partial charge in [-0.05, 0) is 48.9 Å². The van der Waals surface area contributed by atoms with E-state index in [1.807, 2.05) is 36.1 Å². The zero-order valence-electron chi connectivity index (χ0n) is 20.3. The molecule has 1 aliphatic heterocycles. The van der Waals surface area contributed by atoms with E-state index in [1.54, 1.807) is 25.4 Å². The Bertz CT molecular complexity index is 1350. The Hall–Kier alpha value is -4.40. The molecular formula is C27H28N8O. The third kappa shape index (κ3) is 5.80. The number of carbonyl (C=O) groups excluding carboxylic acids is 1. The molecule has 2 N–H and O–H groups in total. The van der Waals surface area contributed by atoms with E-state index in [2.05, 4.69) is 59.8 Å². The molecule has 1 aromatic carbocycles. The number of amides is 1. The predicted molar refractivity (Wildman–Crippen MR) is 139 cm³/mol. The molecule has 1 fully saturated rings. The van der Waals surface area contributed by atoms with Gasteiger partial charge in [0.25, 0.3) is 0 Å². The second-order valence-corrected chi connectivity index (χ2v) is 8.96. The maximum Gasteiger partial charge on any atom is 0.219 e. The van der Waals surface area contributed by atoms with Gasteiger partial charge in [-0.1, -0.05) is 18.2 Å². The standard InChI is InChI=1S/C27H28N8O/c1-18-4-3-5-23(31-18)27-29-13-11-25(34-27)32-24-10-12-28-26(33-24)14-20-6-8-22(9-7-20)30-15-21-16-35(17-21)19(2)36/h3-13,21,30H,14-17H2,1-2H3,(H,28,29,32,33,34). The molecule has 1 saturated heterocycles. The van der Waals surface area contributed by atoms with Crippen LogP contribution in [0.15, 0.2) is 67.0 Å². The summed E-state index contributed by atoms with van der Waals surface area (Å²) in [6, 6.07) is 17.7. The Morgan fingerprint density at radius 2 is 1.69 bits per heavy atom. The topological polar surface area (TPSA) is 109 Å². The number of hydrogen-bond acceptors (Lipinski definition) is 8. The highest BCUT2D eigenvalue weighted by Crippen LogP contribution is 2.19. The SMILES string of the molecule is CC(=O)N1CC(CNc2ccc(Cc3nccc(Nc4ccnc(-c5cccc(C)n5)n4)n3)cc2)C1. The Morgan fingerprint density at radius 1 is 0.944 bits per heavy atom. The number of benzene rings is 1. The summed E-state index contributed by atoms with van der Waals surface area (Å²) in [5, 5.41) is 6.70. The molecule has 0 unspecified atom stereocenters. The first kappa shape index (κ1) is 23.3. The minimum Gasteiger partial charge on any atom is -0.385 e. The van der Waals surface area contributed by atoms with E-state index in [1.165, 1.54) is 0 Å². The third-order valence-electron chi connectivity index (χ3n) is 6.05. The smallest absolute Gasteiger partial charge is 0.219 e. The van der Waals surface area contributed by atoms with Gasteiger partial charge in [0.05, 0.1) is 0 Å². The lowest BCUT2D eigenvalue weighted by Gasteiger charge is -2.38. The van der Waals surface area contributed by atoms with E-state index in [9.17, 15) is 4.79 Å². The zero-order valence-corrected chi connectivity index (χ0v) is 20.3. The van der Waals surface area contributed by atoms with E-state index >= 15 is 0 Å². The van der Waals surface area contributed by atoms with Gasteiger partial charge in [-0.2, -0.15) is 0 Å². The maximum absolute atomic E-state index is 11.3. The average molecular weight is 481 g/mol. The fourth-order valence-corrected chi connectivity index (χ4v) is 4.05. The first-order valence-corrected chi connectivity index (χ1v) is 12.0. The normalized spacial score (nSPS) is 13.2. The number of aromatic nitrogens is 5. The minimum atomic E-state index is 0.151. The second-order valence-electron chi connectivity index (χ2n) is 8.96. The highest BCUT2D eigenvalue weighted by molar-refractivity contribution is 5.74. The van der Waals surface area contributed by atoms with Crippen LogP contribution in [0.5, 0.6) is 0 Å². The Labute approximate surface area is 210 Å². The van der Waals surface area contributed by atoms with E-state index < -0.39 is 0 Å². The number of nitrogens with one attached hydrogen (secondary N) is 2. The molecule has 0 bridgehead atoms. The molecule has 0 aliphatic carbocycles. The lowest BCUT2D eigenvalue weighted by atomic mass is 10.00. The molecule has 0 spiro atoms. The molecule has 1 amide bonds. The second kappa shape index (κ2) is 10.5. The van der Waals surface area contributed by atoms with Crippen molar-refractivity contribution in [2.45, 2.75) is 20.3 Å². The summed E-state index contributed by atoms with van der Waals surface area (Å²) in [5.74, 6) is 3.24. The lowest BCUT2D eigenvalue weighted by Crippen LogP contribution is -2.51. The van der Waals surface area contributed by atoms with E-state index in [0.717, 1.165) is 42.3 Å². The van der Waals surface area contributed by atoms with Crippen molar-refractivity contribution in [1.82, 2.24) is 29.8 Å². The number of nitrogens with zero attached hydrogens (tertiary/aromatic N) is 6. The van der Waals surface area contributed by atoms with Crippen LogP contribution >= 0.6 is 0 Å². The highest BCUT2D eigenvalue weighted by Gasteiger charge is 2.27. The van der Waals surface area contributed by atoms with Crippen LogP contribution in [-0.2, 0) is 11.2 Å². The van der Waals surface area contributed by atoms with Crippen LogP contribution in [0.3, 0.4) is 0 Å². The number of hydrogen-bond donors (Lipinski definition) is 2. The van der Waals surface area contributed by atoms with Gasteiger partial charge in [0, 0.05) is 62.7 Å². The molecule has 1 aliphatic rings. The minimum absolute atomic E-state index is 0.151. The monoisotopic (exact) mass is 480 g/mol. The lowest BCUT2D eigenvalue weighted by molar-refractivity contribution is -0.134. The van der Waals surface area contributed by atoms with Crippen molar-refractivity contribution in [3.05, 3.63) is 84.1 Å². The highest BCUT2D eigenvalue weighted by atomic mass is 16.2. The fraction of sp³-hybridized carbons (Fsp3) is 0.259. The quantitative estimate of drug-likeness (QED) is 0.391. The van der Waals surface area contributed by atoms with Crippen LogP contribution in [-0.4, -0.2) is 55.4 Å². The summed E-state index contributed by atoms with van der Waals surface area (Å²) in [5.41, 5.74) is 3.83. The van der Waals surface area contributed by atoms with Crippen LogP contribution in [0.4, 0.5) is 17.3 Å². The zero-order chi connectivity index (χ0) is 24.9. The van der Waals surface area contributed by atoms with Crippen molar-refractivity contribution in [1.29, 1.82) is 0 Å². The summed E-state index contributed by atoms with van der Waals surface area (Å²) in [4.78, 5) is 35.7. The van der Waals surface area contributed by atoms with Crippen LogP contribution in [0.2, 0.25) is 0 Å². The van der Waals surface area contributed by atoms with Gasteiger partial charge in [-0.25, -0.2) is 24.9 Å². The summed E-state index contributed by atoms with van der Waals surface area (Å²) in [7, 11) is 0. The third-order valence-corrected chi connectivity index (χ3v) is 6.05. The van der Waals surface area contributed by atoms with E-state index in [0.29, 0.717) is 35.6 Å². The molecule has 3 aromatic heterocycles. The number of carbonyl (C=O) groups is 1. The molecule has 4 aromatic rings. The summed E-state index contributed by atoms with van der Waals surface area (Å²) in [6.45, 7) is 6.10. The molecule has 0 saturated carbocycles. The van der Waals surface area contributed by atoms with Crippen molar-refractivity contribution in [2.24, 2.45) is 5.92 Å². The predicted octanol–water partition coefficient (Wildman–Crippen LogP) is 3.86. The number of pyridine rings is 1. The van der Waals surface area contributed by atoms with Gasteiger partial charge in [0.15, 0.2) is 5.82 Å². The van der Waals surface area contributed by atoms with Crippen molar-refractivity contribution >= 4 is 23.2 Å². The average Bonchev–Trinajstić information content (AvgIpc) is 2.84. The number of rotatable bonds is 8. The van der Waals surface area contributed by atoms with Crippen molar-refractivity contribution < 1.29 is 4.79 Å². The molecule has 182 valence electrons. The summed E-state index contributed by atoms with van der Waals surface area (Å²) < 4.78 is 0. The van der Waals surface area contributed by atoms with Gasteiger partial charge < -0.3 is 15.5 Å². The van der Waals surface area contributed by atoms with Crippen molar-refractivity contribution in [3.63, 3.8) is 0 Å². The van der Waals surface area contributed by atoms with Gasteiger partial charge in [-0.3, -0.25) is 4.79 Å². The van der Waals surface area contributed by atoms with Crippen LogP contribution in [0.1, 0.15) is 24.0 Å². The fourth-order valence-electron chi connectivity index (χ4n) is 4.05. The molecule has 4 heterocycles. The van der Waals surface area contributed by atoms with E-state index in [4.69, 9.17) is 0 Å². The van der Waals surface area contributed by atoms with Crippen molar-refractivity contribution in [2.75, 3.05) is 30.3 Å². The Kier molecular flexibility index (Phi) is 6.79. The molecule has 0 radical (unpaired) electrons. The van der Waals surface area contributed by atoms with Gasteiger partial charge in [0.2, 0.25) is 5.91 Å². The molecular weight excluding hydrogens is 452 g/mol. The molecule has 36 heavy (non-hydrogen) atoms. The Balaban J connectivity index is 1.18. The maximum atomic E-state index is 11.3. The Morgan fingerprint density at radius 3 is 2.44 bits per heavy atom. The number of likely N-dealkylation sites (tertiary alicyclic amines) is 1. The molecule has 9 nitrogen and oxygen atoms in total. The van der Waals surface area contributed by atoms with E-state index in [-0.39, 0.29) is 5.91 Å². The molecule has 0 atom stereocenters. The first-order chi connectivity index (χ1) is 17.5. The van der Waals surface area contributed by atoms with Crippen LogP contribution < -0.4 is 10.6 Å². The largest absolute Gasteiger partial charge is 0.385 e. The van der Waals surface area contributed by atoms with Gasteiger partial charge in [-0.15, -0.1) is 0 Å². The van der Waals surface area contributed by atoms with Crippen molar-refractivity contribution in [3.8, 4) is 11.5 Å². The molecule has 9 heteroatoms. The summed E-state index contributed by atoms with van der Waals surface area (Å²) in [6.07, 6.45) is 4.07. The first-order valence-electron chi connectivity index (χ1n) is 12.0. The van der Waals surface area contributed by atoms with Gasteiger partial charge in [0.1, 0.15) is 23.2 Å². The summed E-state index contributed by atoms with van der Waals surface area (Å²) >= 11 is 0. The van der Waals surface area contributed by atoms with Crippen LogP contribution in [0, 0.1) is 12.8 Å². The molecule has 5 rings (SSSR count). The number of aryl methyl sites for hydroxylation is 1. The van der Waals surface area contributed by atoms with Crippen LogP contribution in [0.25, 0.3) is 11.5 Å². The number of anilines is 3.